The van der Waals surface area contributed by atoms with Gasteiger partial charge < -0.3 is 10.5 Å². The molecule has 2 rings (SSSR count). The molecule has 6 nitrogen and oxygen atoms in total. The van der Waals surface area contributed by atoms with E-state index in [2.05, 4.69) is 15.1 Å². The summed E-state index contributed by atoms with van der Waals surface area (Å²) in [4.78, 5) is 8.60. The van der Waals surface area contributed by atoms with Crippen LogP contribution >= 0.6 is 0 Å². The van der Waals surface area contributed by atoms with E-state index in [1.807, 2.05) is 27.7 Å². The van der Waals surface area contributed by atoms with E-state index in [9.17, 15) is 0 Å². The summed E-state index contributed by atoms with van der Waals surface area (Å²) in [5.74, 6) is 1.67. The van der Waals surface area contributed by atoms with Gasteiger partial charge >= 0.3 is 0 Å². The third-order valence-corrected chi connectivity index (χ3v) is 3.08. The quantitative estimate of drug-likeness (QED) is 0.906. The van der Waals surface area contributed by atoms with Crippen molar-refractivity contribution in [2.45, 2.75) is 34.3 Å². The van der Waals surface area contributed by atoms with E-state index >= 15 is 0 Å². The Morgan fingerprint density at radius 2 is 2.00 bits per heavy atom. The molecule has 2 N–H and O–H groups in total. The van der Waals surface area contributed by atoms with Crippen LogP contribution in [0.5, 0.6) is 0 Å². The van der Waals surface area contributed by atoms with Gasteiger partial charge in [-0.25, -0.2) is 14.6 Å². The van der Waals surface area contributed by atoms with Crippen LogP contribution in [0.15, 0.2) is 6.07 Å². The van der Waals surface area contributed by atoms with Crippen molar-refractivity contribution in [1.82, 2.24) is 19.7 Å². The minimum Gasteiger partial charge on any atom is -0.384 e. The summed E-state index contributed by atoms with van der Waals surface area (Å²) in [6.45, 7) is 8.93. The third kappa shape index (κ3) is 2.73. The zero-order chi connectivity index (χ0) is 14.0. The largest absolute Gasteiger partial charge is 0.384 e. The minimum atomic E-state index is 0.354. The summed E-state index contributed by atoms with van der Waals surface area (Å²) in [6, 6.07) is 1.72. The van der Waals surface area contributed by atoms with Gasteiger partial charge in [0, 0.05) is 18.4 Å². The highest BCUT2D eigenvalue weighted by Gasteiger charge is 2.12. The zero-order valence-electron chi connectivity index (χ0n) is 11.8. The Kier molecular flexibility index (Phi) is 3.80. The second kappa shape index (κ2) is 5.36. The molecule has 2 heterocycles. The van der Waals surface area contributed by atoms with Crippen LogP contribution in [-0.2, 0) is 11.3 Å². The monoisotopic (exact) mass is 261 g/mol. The molecule has 0 aliphatic rings. The fourth-order valence-corrected chi connectivity index (χ4v) is 1.81. The number of hydrogen-bond donors (Lipinski definition) is 1. The molecule has 0 aliphatic heterocycles. The number of ether oxygens (including phenoxy) is 1. The molecular weight excluding hydrogens is 242 g/mol. The number of hydrogen-bond acceptors (Lipinski definition) is 5. The first-order valence-electron chi connectivity index (χ1n) is 6.27. The van der Waals surface area contributed by atoms with Gasteiger partial charge in [-0.15, -0.1) is 0 Å². The van der Waals surface area contributed by atoms with Gasteiger partial charge in [0.15, 0.2) is 11.6 Å². The molecule has 0 spiro atoms. The van der Waals surface area contributed by atoms with Crippen molar-refractivity contribution in [3.8, 4) is 5.82 Å². The lowest BCUT2D eigenvalue weighted by molar-refractivity contribution is 0.128. The molecular formula is C13H19N5O. The first-order chi connectivity index (χ1) is 9.02. The Hall–Kier alpha value is -1.95. The van der Waals surface area contributed by atoms with Crippen LogP contribution in [-0.4, -0.2) is 26.4 Å². The molecule has 0 saturated carbocycles. The highest BCUT2D eigenvalue weighted by Crippen LogP contribution is 2.16. The summed E-state index contributed by atoms with van der Waals surface area (Å²) in [6.07, 6.45) is 0. The van der Waals surface area contributed by atoms with E-state index in [1.165, 1.54) is 0 Å². The number of aromatic nitrogens is 4. The number of nitrogen functional groups attached to an aromatic ring is 1. The minimum absolute atomic E-state index is 0.354. The maximum atomic E-state index is 5.82. The van der Waals surface area contributed by atoms with E-state index in [-0.39, 0.29) is 0 Å². The lowest BCUT2D eigenvalue weighted by Crippen LogP contribution is -2.09. The highest BCUT2D eigenvalue weighted by atomic mass is 16.5. The molecule has 19 heavy (non-hydrogen) atoms. The molecule has 0 unspecified atom stereocenters. The van der Waals surface area contributed by atoms with Crippen LogP contribution in [0.1, 0.15) is 29.7 Å². The average Bonchev–Trinajstić information content (AvgIpc) is 2.63. The molecule has 0 fully saturated rings. The maximum Gasteiger partial charge on any atom is 0.159 e. The second-order valence-corrected chi connectivity index (χ2v) is 4.41. The van der Waals surface area contributed by atoms with E-state index in [4.69, 9.17) is 10.5 Å². The van der Waals surface area contributed by atoms with Crippen LogP contribution < -0.4 is 5.73 Å². The normalized spacial score (nSPS) is 10.9. The van der Waals surface area contributed by atoms with Crippen molar-refractivity contribution in [1.29, 1.82) is 0 Å². The lowest BCUT2D eigenvalue weighted by Gasteiger charge is -2.07. The first-order valence-corrected chi connectivity index (χ1v) is 6.27. The molecule has 2 aromatic rings. The maximum absolute atomic E-state index is 5.82. The molecule has 6 heteroatoms. The predicted octanol–water partition coefficient (Wildman–Crippen LogP) is 1.71. The van der Waals surface area contributed by atoms with Gasteiger partial charge in [-0.3, -0.25) is 0 Å². The Labute approximate surface area is 112 Å². The summed E-state index contributed by atoms with van der Waals surface area (Å²) in [5.41, 5.74) is 9.01. The van der Waals surface area contributed by atoms with Crippen molar-refractivity contribution >= 4 is 5.82 Å². The summed E-state index contributed by atoms with van der Waals surface area (Å²) >= 11 is 0. The fraction of sp³-hybridized carbons (Fsp3) is 0.462. The van der Waals surface area contributed by atoms with E-state index in [0.29, 0.717) is 30.7 Å². The van der Waals surface area contributed by atoms with Crippen molar-refractivity contribution in [2.75, 3.05) is 12.3 Å². The van der Waals surface area contributed by atoms with Crippen LogP contribution in [0, 0.1) is 20.8 Å². The van der Waals surface area contributed by atoms with Crippen LogP contribution in [0.4, 0.5) is 5.82 Å². The number of rotatable bonds is 4. The predicted molar refractivity (Wildman–Crippen MR) is 73.1 cm³/mol. The molecule has 0 aromatic carbocycles. The molecule has 2 aromatic heterocycles. The Morgan fingerprint density at radius 3 is 2.58 bits per heavy atom. The smallest absolute Gasteiger partial charge is 0.159 e. The van der Waals surface area contributed by atoms with Gasteiger partial charge in [0.1, 0.15) is 12.4 Å². The van der Waals surface area contributed by atoms with Gasteiger partial charge in [-0.05, 0) is 33.3 Å². The summed E-state index contributed by atoms with van der Waals surface area (Å²) in [7, 11) is 0. The number of nitrogens with zero attached hydrogens (tertiary/aromatic N) is 4. The highest BCUT2D eigenvalue weighted by molar-refractivity contribution is 5.39. The van der Waals surface area contributed by atoms with Crippen molar-refractivity contribution in [3.63, 3.8) is 0 Å². The SMILES string of the molecule is CCOCc1nc(N)cc(-n2nc(C)c(C)c2C)n1. The number of nitrogens with two attached hydrogens (primary N) is 1. The lowest BCUT2D eigenvalue weighted by atomic mass is 10.2. The van der Waals surface area contributed by atoms with Gasteiger partial charge in [0.05, 0.1) is 5.69 Å². The Balaban J connectivity index is 2.43. The van der Waals surface area contributed by atoms with Gasteiger partial charge in [-0.2, -0.15) is 5.10 Å². The van der Waals surface area contributed by atoms with Crippen LogP contribution in [0.2, 0.25) is 0 Å². The van der Waals surface area contributed by atoms with Crippen molar-refractivity contribution in [2.24, 2.45) is 0 Å². The van der Waals surface area contributed by atoms with E-state index in [1.54, 1.807) is 10.7 Å². The Bertz CT molecular complexity index is 591. The van der Waals surface area contributed by atoms with E-state index < -0.39 is 0 Å². The van der Waals surface area contributed by atoms with Crippen molar-refractivity contribution < 1.29 is 4.74 Å². The summed E-state index contributed by atoms with van der Waals surface area (Å²) in [5, 5.41) is 4.47. The van der Waals surface area contributed by atoms with Gasteiger partial charge in [-0.1, -0.05) is 0 Å². The number of anilines is 1. The average molecular weight is 261 g/mol. The molecule has 0 atom stereocenters. The summed E-state index contributed by atoms with van der Waals surface area (Å²) < 4.78 is 7.10. The fourth-order valence-electron chi connectivity index (χ4n) is 1.81. The zero-order valence-corrected chi connectivity index (χ0v) is 11.8. The molecule has 102 valence electrons. The second-order valence-electron chi connectivity index (χ2n) is 4.41. The van der Waals surface area contributed by atoms with Crippen molar-refractivity contribution in [3.05, 3.63) is 28.8 Å². The third-order valence-electron chi connectivity index (χ3n) is 3.08. The molecule has 0 saturated heterocycles. The van der Waals surface area contributed by atoms with Gasteiger partial charge in [0.25, 0.3) is 0 Å². The molecule has 0 amide bonds. The Morgan fingerprint density at radius 1 is 1.26 bits per heavy atom. The molecule has 0 aliphatic carbocycles. The molecule has 0 bridgehead atoms. The van der Waals surface area contributed by atoms with E-state index in [0.717, 1.165) is 17.0 Å². The first kappa shape index (κ1) is 13.5. The number of aryl methyl sites for hydroxylation is 1. The molecule has 0 radical (unpaired) electrons. The topological polar surface area (TPSA) is 78.9 Å². The van der Waals surface area contributed by atoms with Crippen LogP contribution in [0.25, 0.3) is 5.82 Å². The van der Waals surface area contributed by atoms with Gasteiger partial charge in [0.2, 0.25) is 0 Å². The van der Waals surface area contributed by atoms with Crippen LogP contribution in [0.3, 0.4) is 0 Å². The standard InChI is InChI=1S/C13H19N5O/c1-5-19-7-12-15-11(14)6-13(16-12)18-10(4)8(2)9(3)17-18/h6H,5,7H2,1-4H3,(H2,14,15,16).